The van der Waals surface area contributed by atoms with E-state index in [-0.39, 0.29) is 18.4 Å². The Morgan fingerprint density at radius 1 is 0.892 bits per heavy atom. The number of methoxy groups -OCH3 is 1. The Bertz CT molecular complexity index is 1350. The summed E-state index contributed by atoms with van der Waals surface area (Å²) in [7, 11) is 1.59. The summed E-state index contributed by atoms with van der Waals surface area (Å²) in [6.07, 6.45) is 1.64. The van der Waals surface area contributed by atoms with Crippen LogP contribution in [0.15, 0.2) is 91.1 Å². The summed E-state index contributed by atoms with van der Waals surface area (Å²) in [5, 5.41) is 2.97. The molecule has 2 amide bonds. The van der Waals surface area contributed by atoms with Crippen molar-refractivity contribution in [3.05, 3.63) is 125 Å². The number of anilines is 1. The van der Waals surface area contributed by atoms with E-state index >= 15 is 0 Å². The predicted octanol–water partition coefficient (Wildman–Crippen LogP) is 6.04. The van der Waals surface area contributed by atoms with Crippen LogP contribution in [-0.2, 0) is 11.3 Å². The van der Waals surface area contributed by atoms with Crippen LogP contribution in [0.2, 0.25) is 0 Å². The van der Waals surface area contributed by atoms with Crippen molar-refractivity contribution >= 4 is 17.5 Å². The van der Waals surface area contributed by atoms with E-state index in [1.165, 1.54) is 0 Å². The quantitative estimate of drug-likeness (QED) is 0.325. The van der Waals surface area contributed by atoms with Crippen molar-refractivity contribution in [3.63, 3.8) is 0 Å². The van der Waals surface area contributed by atoms with Crippen LogP contribution >= 0.6 is 0 Å². The topological polar surface area (TPSA) is 71.5 Å². The van der Waals surface area contributed by atoms with Gasteiger partial charge in [-0.2, -0.15) is 0 Å². The minimum Gasteiger partial charge on any atom is -0.497 e. The molecule has 0 aliphatic rings. The van der Waals surface area contributed by atoms with Gasteiger partial charge in [-0.1, -0.05) is 54.1 Å². The number of benzene rings is 3. The van der Waals surface area contributed by atoms with Gasteiger partial charge in [0.2, 0.25) is 0 Å². The largest absolute Gasteiger partial charge is 0.497 e. The highest BCUT2D eigenvalue weighted by molar-refractivity contribution is 6.02. The van der Waals surface area contributed by atoms with Crippen LogP contribution in [0, 0.1) is 20.8 Å². The SMILES string of the molecule is COc1ccc(NC(=O)C(c2ccccn2)N(Cc2ccccc2)C(=O)c2c(C)cc(C)cc2C)cc1. The van der Waals surface area contributed by atoms with E-state index in [1.54, 1.807) is 54.6 Å². The minimum atomic E-state index is -0.962. The van der Waals surface area contributed by atoms with Gasteiger partial charge in [0.05, 0.1) is 12.8 Å². The summed E-state index contributed by atoms with van der Waals surface area (Å²) in [5.74, 6) is 0.112. The van der Waals surface area contributed by atoms with Crippen molar-refractivity contribution in [2.45, 2.75) is 33.4 Å². The van der Waals surface area contributed by atoms with Gasteiger partial charge < -0.3 is 15.0 Å². The zero-order chi connectivity index (χ0) is 26.4. The van der Waals surface area contributed by atoms with E-state index in [1.807, 2.05) is 69.3 Å². The summed E-state index contributed by atoms with van der Waals surface area (Å²) in [6, 6.07) is 25.2. The van der Waals surface area contributed by atoms with Crippen LogP contribution in [0.25, 0.3) is 0 Å². The number of aryl methyl sites for hydroxylation is 3. The fourth-order valence-corrected chi connectivity index (χ4v) is 4.58. The molecule has 0 saturated carbocycles. The van der Waals surface area contributed by atoms with Crippen molar-refractivity contribution in [1.29, 1.82) is 0 Å². The van der Waals surface area contributed by atoms with Crippen LogP contribution in [0.3, 0.4) is 0 Å². The van der Waals surface area contributed by atoms with Gasteiger partial charge in [-0.15, -0.1) is 0 Å². The molecule has 0 saturated heterocycles. The smallest absolute Gasteiger partial charge is 0.255 e. The van der Waals surface area contributed by atoms with Crippen LogP contribution < -0.4 is 10.1 Å². The third kappa shape index (κ3) is 6.04. The molecule has 0 aliphatic heterocycles. The van der Waals surface area contributed by atoms with Gasteiger partial charge in [0.15, 0.2) is 6.04 Å². The molecule has 4 aromatic rings. The second-order valence-corrected chi connectivity index (χ2v) is 9.07. The highest BCUT2D eigenvalue weighted by Gasteiger charge is 2.34. The molecule has 1 atom stereocenters. The van der Waals surface area contributed by atoms with Crippen molar-refractivity contribution in [3.8, 4) is 5.75 Å². The number of nitrogens with zero attached hydrogens (tertiary/aromatic N) is 2. The van der Waals surface area contributed by atoms with Gasteiger partial charge in [-0.05, 0) is 73.9 Å². The molecule has 0 bridgehead atoms. The molecule has 0 spiro atoms. The molecular weight excluding hydrogens is 462 g/mol. The first-order chi connectivity index (χ1) is 17.9. The molecule has 37 heavy (non-hydrogen) atoms. The summed E-state index contributed by atoms with van der Waals surface area (Å²) in [6.45, 7) is 6.11. The fourth-order valence-electron chi connectivity index (χ4n) is 4.58. The number of amides is 2. The lowest BCUT2D eigenvalue weighted by atomic mass is 9.97. The summed E-state index contributed by atoms with van der Waals surface area (Å²) in [5.41, 5.74) is 5.42. The zero-order valence-electron chi connectivity index (χ0n) is 21.6. The molecule has 0 fully saturated rings. The lowest BCUT2D eigenvalue weighted by Crippen LogP contribution is -2.42. The molecule has 1 aromatic heterocycles. The van der Waals surface area contributed by atoms with E-state index in [0.29, 0.717) is 22.7 Å². The number of carbonyl (C=O) groups is 2. The van der Waals surface area contributed by atoms with E-state index in [9.17, 15) is 9.59 Å². The van der Waals surface area contributed by atoms with E-state index in [0.717, 1.165) is 22.3 Å². The fraction of sp³-hybridized carbons (Fsp3) is 0.194. The van der Waals surface area contributed by atoms with Crippen LogP contribution in [0.1, 0.15) is 44.3 Å². The van der Waals surface area contributed by atoms with Crippen molar-refractivity contribution in [1.82, 2.24) is 9.88 Å². The molecular formula is C31H31N3O3. The first-order valence-corrected chi connectivity index (χ1v) is 12.2. The molecule has 6 nitrogen and oxygen atoms in total. The minimum absolute atomic E-state index is 0.223. The van der Waals surface area contributed by atoms with Crippen LogP contribution in [-0.4, -0.2) is 28.8 Å². The molecule has 1 unspecified atom stereocenters. The average Bonchev–Trinajstić information content (AvgIpc) is 2.89. The standard InChI is InChI=1S/C31H31N3O3/c1-21-18-22(2)28(23(3)19-21)31(36)34(20-24-10-6-5-7-11-24)29(27-12-8-9-17-32-27)30(35)33-25-13-15-26(37-4)16-14-25/h5-19,29H,20H2,1-4H3,(H,33,35). The Morgan fingerprint density at radius 2 is 1.54 bits per heavy atom. The van der Waals surface area contributed by atoms with E-state index in [2.05, 4.69) is 10.3 Å². The third-order valence-electron chi connectivity index (χ3n) is 6.23. The Balaban J connectivity index is 1.80. The lowest BCUT2D eigenvalue weighted by Gasteiger charge is -2.32. The number of hydrogen-bond acceptors (Lipinski definition) is 4. The van der Waals surface area contributed by atoms with Crippen molar-refractivity contribution in [2.24, 2.45) is 0 Å². The highest BCUT2D eigenvalue weighted by atomic mass is 16.5. The molecule has 0 aliphatic carbocycles. The molecule has 4 rings (SSSR count). The predicted molar refractivity (Wildman–Crippen MR) is 146 cm³/mol. The molecule has 3 aromatic carbocycles. The Morgan fingerprint density at radius 3 is 2.14 bits per heavy atom. The maximum atomic E-state index is 14.3. The zero-order valence-corrected chi connectivity index (χ0v) is 21.6. The van der Waals surface area contributed by atoms with Gasteiger partial charge in [0.1, 0.15) is 5.75 Å². The Kier molecular flexibility index (Phi) is 7.98. The summed E-state index contributed by atoms with van der Waals surface area (Å²) < 4.78 is 5.23. The Labute approximate surface area is 217 Å². The molecule has 6 heteroatoms. The van der Waals surface area contributed by atoms with E-state index < -0.39 is 6.04 Å². The lowest BCUT2D eigenvalue weighted by molar-refractivity contribution is -0.121. The summed E-state index contributed by atoms with van der Waals surface area (Å²) in [4.78, 5) is 34.2. The number of rotatable bonds is 8. The second-order valence-electron chi connectivity index (χ2n) is 9.07. The Hall–Kier alpha value is -4.45. The molecule has 1 N–H and O–H groups in total. The van der Waals surface area contributed by atoms with Crippen LogP contribution in [0.5, 0.6) is 5.75 Å². The molecule has 188 valence electrons. The van der Waals surface area contributed by atoms with Gasteiger partial charge in [0, 0.05) is 24.0 Å². The average molecular weight is 494 g/mol. The first-order valence-electron chi connectivity index (χ1n) is 12.2. The summed E-state index contributed by atoms with van der Waals surface area (Å²) >= 11 is 0. The highest BCUT2D eigenvalue weighted by Crippen LogP contribution is 2.29. The normalized spacial score (nSPS) is 11.5. The monoisotopic (exact) mass is 493 g/mol. The van der Waals surface area contributed by atoms with Crippen molar-refractivity contribution in [2.75, 3.05) is 12.4 Å². The third-order valence-corrected chi connectivity index (χ3v) is 6.23. The second kappa shape index (κ2) is 11.5. The van der Waals surface area contributed by atoms with E-state index in [4.69, 9.17) is 4.74 Å². The molecule has 0 radical (unpaired) electrons. The number of carbonyl (C=O) groups excluding carboxylic acids is 2. The number of pyridine rings is 1. The number of hydrogen-bond donors (Lipinski definition) is 1. The molecule has 1 heterocycles. The van der Waals surface area contributed by atoms with Crippen molar-refractivity contribution < 1.29 is 14.3 Å². The number of nitrogens with one attached hydrogen (secondary N) is 1. The van der Waals surface area contributed by atoms with Gasteiger partial charge in [0.25, 0.3) is 11.8 Å². The van der Waals surface area contributed by atoms with Gasteiger partial charge in [-0.25, -0.2) is 0 Å². The van der Waals surface area contributed by atoms with Gasteiger partial charge >= 0.3 is 0 Å². The van der Waals surface area contributed by atoms with Crippen LogP contribution in [0.4, 0.5) is 5.69 Å². The maximum Gasteiger partial charge on any atom is 0.255 e. The first kappa shape index (κ1) is 25.6. The number of ether oxygens (including phenoxy) is 1. The van der Waals surface area contributed by atoms with Gasteiger partial charge in [-0.3, -0.25) is 14.6 Å². The number of aromatic nitrogens is 1. The maximum absolute atomic E-state index is 14.3.